The third-order valence-electron chi connectivity index (χ3n) is 3.09. The lowest BCUT2D eigenvalue weighted by atomic mass is 9.91. The molecule has 20 heavy (non-hydrogen) atoms. The fraction of sp³-hybridized carbons (Fsp3) is 0.200. The molecule has 0 aromatic heterocycles. The summed E-state index contributed by atoms with van der Waals surface area (Å²) in [4.78, 5) is -1.03. The van der Waals surface area contributed by atoms with Crippen LogP contribution in [-0.4, -0.2) is 15.1 Å². The molecule has 2 N–H and O–H groups in total. The van der Waals surface area contributed by atoms with Gasteiger partial charge in [0.05, 0.1) is 6.07 Å². The molecule has 0 fully saturated rings. The number of aryl methyl sites for hydroxylation is 1. The molecule has 0 heterocycles. The van der Waals surface area contributed by atoms with Gasteiger partial charge in [-0.1, -0.05) is 36.0 Å². The van der Waals surface area contributed by atoms with E-state index < -0.39 is 10.9 Å². The Morgan fingerprint density at radius 3 is 2.60 bits per heavy atom. The molecule has 4 nitrogen and oxygen atoms in total. The zero-order chi connectivity index (χ0) is 14.8. The number of allylic oxidation sites excluding steroid dienone is 1. The number of aliphatic hydroxyl groups excluding tert-OH is 1. The Labute approximate surface area is 121 Å². The van der Waals surface area contributed by atoms with E-state index in [0.29, 0.717) is 0 Å². The van der Waals surface area contributed by atoms with Gasteiger partial charge in [-0.3, -0.25) is 0 Å². The second-order valence-electron chi connectivity index (χ2n) is 4.40. The molecule has 2 unspecified atom stereocenters. The van der Waals surface area contributed by atoms with Crippen LogP contribution in [0.15, 0.2) is 52.6 Å². The average Bonchev–Trinajstić information content (AvgIpc) is 2.42. The molecule has 2 rings (SSSR count). The average molecular weight is 284 g/mol. The minimum Gasteiger partial charge on any atom is -0.507 e. The Balaban J connectivity index is 2.51. The fourth-order valence-corrected chi connectivity index (χ4v) is 3.18. The van der Waals surface area contributed by atoms with Gasteiger partial charge in [0.2, 0.25) is 0 Å². The van der Waals surface area contributed by atoms with Gasteiger partial charge >= 0.3 is 0 Å². The van der Waals surface area contributed by atoms with E-state index in [0.717, 1.165) is 22.2 Å². The van der Waals surface area contributed by atoms with Crippen LogP contribution in [0.25, 0.3) is 0 Å². The summed E-state index contributed by atoms with van der Waals surface area (Å²) in [6.45, 7) is 1.88. The first-order valence-corrected chi connectivity index (χ1v) is 6.73. The standard InChI is InChI=1S/C15H12N2O2S/c1-10-4-2-3-5-14(10)20-15(19)11(8-16)6-7-13(18)12(15)9-17/h2-7,11,18-19H,1H3. The first-order chi connectivity index (χ1) is 9.52. The molecule has 0 saturated heterocycles. The lowest BCUT2D eigenvalue weighted by Gasteiger charge is -2.32. The van der Waals surface area contributed by atoms with Crippen molar-refractivity contribution < 1.29 is 10.2 Å². The minimum absolute atomic E-state index is 0.195. The van der Waals surface area contributed by atoms with E-state index in [9.17, 15) is 20.7 Å². The quantitative estimate of drug-likeness (QED) is 0.815. The maximum Gasteiger partial charge on any atom is 0.173 e. The number of hydrogen-bond donors (Lipinski definition) is 2. The van der Waals surface area contributed by atoms with Crippen molar-refractivity contribution in [1.29, 1.82) is 10.5 Å². The molecule has 0 radical (unpaired) electrons. The number of nitriles is 2. The van der Waals surface area contributed by atoms with Crippen molar-refractivity contribution in [2.75, 3.05) is 0 Å². The number of benzene rings is 1. The van der Waals surface area contributed by atoms with Gasteiger partial charge in [-0.2, -0.15) is 10.5 Å². The Kier molecular flexibility index (Phi) is 3.85. The summed E-state index contributed by atoms with van der Waals surface area (Å²) < 4.78 is 0. The first-order valence-electron chi connectivity index (χ1n) is 5.91. The monoisotopic (exact) mass is 284 g/mol. The SMILES string of the molecule is Cc1ccccc1SC1(O)C(C#N)=C(O)C=CC1C#N. The highest BCUT2D eigenvalue weighted by Crippen LogP contribution is 2.46. The molecule has 0 bridgehead atoms. The molecule has 2 atom stereocenters. The topological polar surface area (TPSA) is 88.0 Å². The molecule has 1 aliphatic carbocycles. The van der Waals surface area contributed by atoms with Gasteiger partial charge in [0.15, 0.2) is 4.93 Å². The summed E-state index contributed by atoms with van der Waals surface area (Å²) >= 11 is 1.00. The van der Waals surface area contributed by atoms with Crippen LogP contribution in [0.5, 0.6) is 0 Å². The van der Waals surface area contributed by atoms with E-state index in [-0.39, 0.29) is 11.3 Å². The summed E-state index contributed by atoms with van der Waals surface area (Å²) in [6.07, 6.45) is 2.68. The van der Waals surface area contributed by atoms with E-state index in [1.54, 1.807) is 12.1 Å². The number of thioether (sulfide) groups is 1. The lowest BCUT2D eigenvalue weighted by molar-refractivity contribution is 0.147. The van der Waals surface area contributed by atoms with Crippen LogP contribution in [0.2, 0.25) is 0 Å². The number of aliphatic hydroxyl groups is 2. The number of nitrogens with zero attached hydrogens (tertiary/aromatic N) is 2. The van der Waals surface area contributed by atoms with Gasteiger partial charge in [-0.05, 0) is 24.6 Å². The highest BCUT2D eigenvalue weighted by atomic mass is 32.2. The molecule has 1 aromatic carbocycles. The maximum atomic E-state index is 10.8. The predicted octanol–water partition coefficient (Wildman–Crippen LogP) is 2.82. The second-order valence-corrected chi connectivity index (χ2v) is 5.67. The number of rotatable bonds is 2. The van der Waals surface area contributed by atoms with Crippen LogP contribution >= 0.6 is 11.8 Å². The van der Waals surface area contributed by atoms with E-state index in [1.165, 1.54) is 12.2 Å². The van der Waals surface area contributed by atoms with Gasteiger partial charge < -0.3 is 10.2 Å². The summed E-state index contributed by atoms with van der Waals surface area (Å²) in [6, 6.07) is 11.1. The highest BCUT2D eigenvalue weighted by Gasteiger charge is 2.45. The van der Waals surface area contributed by atoms with Gasteiger partial charge in [0.25, 0.3) is 0 Å². The molecule has 5 heteroatoms. The summed E-state index contributed by atoms with van der Waals surface area (Å²) in [7, 11) is 0. The Hall–Kier alpha value is -2.21. The predicted molar refractivity (Wildman–Crippen MR) is 75.5 cm³/mol. The third-order valence-corrected chi connectivity index (χ3v) is 4.54. The Morgan fingerprint density at radius 2 is 2.00 bits per heavy atom. The molecule has 0 spiro atoms. The smallest absolute Gasteiger partial charge is 0.173 e. The van der Waals surface area contributed by atoms with Crippen molar-refractivity contribution in [3.05, 3.63) is 53.3 Å². The van der Waals surface area contributed by atoms with Gasteiger partial charge in [0, 0.05) is 4.90 Å². The summed E-state index contributed by atoms with van der Waals surface area (Å²) in [5.41, 5.74) is 0.730. The van der Waals surface area contributed by atoms with E-state index >= 15 is 0 Å². The van der Waals surface area contributed by atoms with Crippen LogP contribution in [-0.2, 0) is 0 Å². The van der Waals surface area contributed by atoms with E-state index in [4.69, 9.17) is 0 Å². The van der Waals surface area contributed by atoms with Gasteiger partial charge in [-0.25, -0.2) is 0 Å². The zero-order valence-electron chi connectivity index (χ0n) is 10.7. The fourth-order valence-electron chi connectivity index (χ4n) is 1.96. The Bertz CT molecular complexity index is 682. The summed E-state index contributed by atoms with van der Waals surface area (Å²) in [5, 5.41) is 38.9. The minimum atomic E-state index is -1.78. The van der Waals surface area contributed by atoms with Crippen molar-refractivity contribution in [3.63, 3.8) is 0 Å². The van der Waals surface area contributed by atoms with Gasteiger partial charge in [-0.15, -0.1) is 0 Å². The van der Waals surface area contributed by atoms with E-state index in [1.807, 2.05) is 31.2 Å². The van der Waals surface area contributed by atoms with Crippen LogP contribution in [0.4, 0.5) is 0 Å². The Morgan fingerprint density at radius 1 is 1.30 bits per heavy atom. The van der Waals surface area contributed by atoms with Crippen molar-refractivity contribution in [2.24, 2.45) is 5.92 Å². The van der Waals surface area contributed by atoms with Crippen molar-refractivity contribution in [3.8, 4) is 12.1 Å². The molecule has 0 aliphatic heterocycles. The molecule has 0 amide bonds. The zero-order valence-corrected chi connectivity index (χ0v) is 11.6. The van der Waals surface area contributed by atoms with Crippen molar-refractivity contribution in [2.45, 2.75) is 16.8 Å². The lowest BCUT2D eigenvalue weighted by Crippen LogP contribution is -2.37. The third kappa shape index (κ3) is 2.30. The van der Waals surface area contributed by atoms with Gasteiger partial charge in [0.1, 0.15) is 23.3 Å². The first kappa shape index (κ1) is 14.2. The van der Waals surface area contributed by atoms with Crippen LogP contribution < -0.4 is 0 Å². The summed E-state index contributed by atoms with van der Waals surface area (Å²) in [5.74, 6) is -1.21. The van der Waals surface area contributed by atoms with Crippen LogP contribution in [0.3, 0.4) is 0 Å². The molecule has 100 valence electrons. The number of hydrogen-bond acceptors (Lipinski definition) is 5. The molecular formula is C15H12N2O2S. The molecule has 1 aliphatic rings. The molecular weight excluding hydrogens is 272 g/mol. The normalized spacial score (nSPS) is 25.1. The molecule has 0 saturated carbocycles. The van der Waals surface area contributed by atoms with Crippen LogP contribution in [0.1, 0.15) is 5.56 Å². The van der Waals surface area contributed by atoms with Crippen LogP contribution in [0, 0.1) is 35.5 Å². The largest absolute Gasteiger partial charge is 0.507 e. The maximum absolute atomic E-state index is 10.8. The van der Waals surface area contributed by atoms with Crippen molar-refractivity contribution in [1.82, 2.24) is 0 Å². The second kappa shape index (κ2) is 5.42. The van der Waals surface area contributed by atoms with E-state index in [2.05, 4.69) is 0 Å². The highest BCUT2D eigenvalue weighted by molar-refractivity contribution is 8.00. The van der Waals surface area contributed by atoms with Crippen molar-refractivity contribution >= 4 is 11.8 Å². The molecule has 1 aromatic rings.